The minimum atomic E-state index is -3.79. The average molecular weight is 514 g/mol. The van der Waals surface area contributed by atoms with E-state index in [-0.39, 0.29) is 12.5 Å². The quantitative estimate of drug-likeness (QED) is 0.519. The highest BCUT2D eigenvalue weighted by atomic mass is 35.5. The van der Waals surface area contributed by atoms with Crippen molar-refractivity contribution >= 4 is 50.7 Å². The van der Waals surface area contributed by atoms with E-state index in [4.69, 9.17) is 23.2 Å². The highest BCUT2D eigenvalue weighted by Crippen LogP contribution is 2.28. The van der Waals surface area contributed by atoms with Gasteiger partial charge in [-0.25, -0.2) is 8.42 Å². The Morgan fingerprint density at radius 1 is 1.03 bits per heavy atom. The molecule has 0 saturated heterocycles. The van der Waals surface area contributed by atoms with E-state index in [9.17, 15) is 18.0 Å². The number of carbonyl (C=O) groups excluding carboxylic acids is 2. The lowest BCUT2D eigenvalue weighted by Gasteiger charge is -2.33. The summed E-state index contributed by atoms with van der Waals surface area (Å²) in [5.41, 5.74) is 1.58. The molecule has 0 saturated carbocycles. The summed E-state index contributed by atoms with van der Waals surface area (Å²) in [4.78, 5) is 27.7. The summed E-state index contributed by atoms with van der Waals surface area (Å²) in [6.07, 6.45) is 1.37. The zero-order chi connectivity index (χ0) is 24.8. The van der Waals surface area contributed by atoms with Crippen LogP contribution in [0.5, 0.6) is 0 Å². The standard InChI is InChI=1S/C23H29Cl2N3O4S/c1-5-20(23(30)26-6-2)27(14-17-18(24)11-9-12-19(17)25)22(29)15-28(33(4,31)32)21-13-8-7-10-16(21)3/h7-13,20H,5-6,14-15H2,1-4H3,(H,26,30)/t20-/m1/s1. The van der Waals surface area contributed by atoms with E-state index >= 15 is 0 Å². The number of amides is 2. The molecule has 0 aromatic heterocycles. The Morgan fingerprint density at radius 3 is 2.15 bits per heavy atom. The van der Waals surface area contributed by atoms with Crippen LogP contribution >= 0.6 is 23.2 Å². The van der Waals surface area contributed by atoms with E-state index < -0.39 is 28.5 Å². The van der Waals surface area contributed by atoms with Crippen molar-refractivity contribution in [2.24, 2.45) is 0 Å². The predicted molar refractivity (Wildman–Crippen MR) is 133 cm³/mol. The van der Waals surface area contributed by atoms with E-state index in [0.29, 0.717) is 39.8 Å². The SMILES string of the molecule is CCNC(=O)[C@@H](CC)N(Cc1c(Cl)cccc1Cl)C(=O)CN(c1ccccc1C)S(C)(=O)=O. The number of carbonyl (C=O) groups is 2. The molecule has 2 amide bonds. The number of sulfonamides is 1. The van der Waals surface area contributed by atoms with Crippen LogP contribution in [0.3, 0.4) is 0 Å². The zero-order valence-electron chi connectivity index (χ0n) is 19.1. The van der Waals surface area contributed by atoms with Gasteiger partial charge < -0.3 is 10.2 Å². The normalized spacial score (nSPS) is 12.2. The Labute approximate surface area is 205 Å². The summed E-state index contributed by atoms with van der Waals surface area (Å²) in [7, 11) is -3.79. The molecule has 0 spiro atoms. The van der Waals surface area contributed by atoms with Gasteiger partial charge in [-0.05, 0) is 44.0 Å². The van der Waals surface area contributed by atoms with Crippen molar-refractivity contribution in [1.82, 2.24) is 10.2 Å². The molecule has 7 nitrogen and oxygen atoms in total. The van der Waals surface area contributed by atoms with Crippen LogP contribution in [0.25, 0.3) is 0 Å². The molecule has 0 aliphatic rings. The van der Waals surface area contributed by atoms with Gasteiger partial charge in [0.15, 0.2) is 0 Å². The number of hydrogen-bond donors (Lipinski definition) is 1. The fraction of sp³-hybridized carbons (Fsp3) is 0.391. The van der Waals surface area contributed by atoms with E-state index in [0.717, 1.165) is 10.6 Å². The maximum atomic E-state index is 13.6. The maximum absolute atomic E-state index is 13.6. The number of anilines is 1. The van der Waals surface area contributed by atoms with Crippen molar-refractivity contribution in [2.45, 2.75) is 39.8 Å². The van der Waals surface area contributed by atoms with Crippen LogP contribution < -0.4 is 9.62 Å². The van der Waals surface area contributed by atoms with Crippen LogP contribution in [0, 0.1) is 6.92 Å². The van der Waals surface area contributed by atoms with Gasteiger partial charge >= 0.3 is 0 Å². The molecule has 2 aromatic rings. The molecule has 0 unspecified atom stereocenters. The fourth-order valence-corrected chi connectivity index (χ4v) is 4.93. The molecule has 0 aliphatic heterocycles. The second kappa shape index (κ2) is 11.7. The molecular weight excluding hydrogens is 485 g/mol. The number of likely N-dealkylation sites (N-methyl/N-ethyl adjacent to an activating group) is 1. The van der Waals surface area contributed by atoms with Crippen molar-refractivity contribution in [3.8, 4) is 0 Å². The topological polar surface area (TPSA) is 86.8 Å². The summed E-state index contributed by atoms with van der Waals surface area (Å²) in [5.74, 6) is -0.879. The van der Waals surface area contributed by atoms with Crippen LogP contribution in [-0.2, 0) is 26.2 Å². The molecule has 1 N–H and O–H groups in total. The lowest BCUT2D eigenvalue weighted by atomic mass is 10.1. The number of rotatable bonds is 10. The number of nitrogens with one attached hydrogen (secondary N) is 1. The van der Waals surface area contributed by atoms with Gasteiger partial charge in [-0.1, -0.05) is 54.4 Å². The minimum Gasteiger partial charge on any atom is -0.355 e. The molecule has 33 heavy (non-hydrogen) atoms. The summed E-state index contributed by atoms with van der Waals surface area (Å²) < 4.78 is 26.3. The van der Waals surface area contributed by atoms with Crippen LogP contribution in [-0.4, -0.2) is 50.5 Å². The van der Waals surface area contributed by atoms with E-state index in [1.165, 1.54) is 4.90 Å². The number of nitrogens with zero attached hydrogens (tertiary/aromatic N) is 2. The number of aryl methyl sites for hydroxylation is 1. The second-order valence-corrected chi connectivity index (χ2v) is 10.3. The molecule has 0 aliphatic carbocycles. The van der Waals surface area contributed by atoms with Crippen molar-refractivity contribution in [2.75, 3.05) is 23.7 Å². The van der Waals surface area contributed by atoms with Crippen molar-refractivity contribution < 1.29 is 18.0 Å². The van der Waals surface area contributed by atoms with Crippen LogP contribution in [0.2, 0.25) is 10.0 Å². The lowest BCUT2D eigenvalue weighted by Crippen LogP contribution is -2.52. The van der Waals surface area contributed by atoms with E-state index in [1.807, 2.05) is 0 Å². The third-order valence-electron chi connectivity index (χ3n) is 5.19. The molecule has 0 radical (unpaired) electrons. The fourth-order valence-electron chi connectivity index (χ4n) is 3.50. The first-order valence-electron chi connectivity index (χ1n) is 10.5. The Balaban J connectivity index is 2.51. The first kappa shape index (κ1) is 27.0. The van der Waals surface area contributed by atoms with Gasteiger partial charge in [-0.2, -0.15) is 0 Å². The molecule has 180 valence electrons. The molecular formula is C23H29Cl2N3O4S. The lowest BCUT2D eigenvalue weighted by molar-refractivity contribution is -0.140. The number of halogens is 2. The smallest absolute Gasteiger partial charge is 0.244 e. The molecule has 0 heterocycles. The molecule has 0 fully saturated rings. The van der Waals surface area contributed by atoms with Crippen molar-refractivity contribution in [3.05, 3.63) is 63.6 Å². The first-order valence-corrected chi connectivity index (χ1v) is 13.1. The summed E-state index contributed by atoms with van der Waals surface area (Å²) in [6, 6.07) is 11.0. The third kappa shape index (κ3) is 6.85. The highest BCUT2D eigenvalue weighted by molar-refractivity contribution is 7.92. The minimum absolute atomic E-state index is 0.0433. The van der Waals surface area contributed by atoms with E-state index in [2.05, 4.69) is 5.32 Å². The third-order valence-corrected chi connectivity index (χ3v) is 7.03. The zero-order valence-corrected chi connectivity index (χ0v) is 21.5. The van der Waals surface area contributed by atoms with Gasteiger partial charge in [0.25, 0.3) is 0 Å². The van der Waals surface area contributed by atoms with Crippen LogP contribution in [0.15, 0.2) is 42.5 Å². The van der Waals surface area contributed by atoms with E-state index in [1.54, 1.807) is 63.2 Å². The number of benzene rings is 2. The van der Waals surface area contributed by atoms with Gasteiger partial charge in [0.05, 0.1) is 11.9 Å². The molecule has 2 aromatic carbocycles. The predicted octanol–water partition coefficient (Wildman–Crippen LogP) is 4.01. The number of hydrogen-bond acceptors (Lipinski definition) is 4. The first-order chi connectivity index (χ1) is 15.5. The van der Waals surface area contributed by atoms with Gasteiger partial charge in [-0.3, -0.25) is 13.9 Å². The van der Waals surface area contributed by atoms with Crippen LogP contribution in [0.1, 0.15) is 31.4 Å². The highest BCUT2D eigenvalue weighted by Gasteiger charge is 2.32. The molecule has 0 bridgehead atoms. The largest absolute Gasteiger partial charge is 0.355 e. The Hall–Kier alpha value is -2.29. The second-order valence-electron chi connectivity index (χ2n) is 7.60. The summed E-state index contributed by atoms with van der Waals surface area (Å²) in [6.45, 7) is 5.21. The molecule has 2 rings (SSSR count). The Bertz CT molecular complexity index is 1090. The van der Waals surface area contributed by atoms with Crippen LogP contribution in [0.4, 0.5) is 5.69 Å². The maximum Gasteiger partial charge on any atom is 0.244 e. The number of para-hydroxylation sites is 1. The van der Waals surface area contributed by atoms with Crippen molar-refractivity contribution in [3.63, 3.8) is 0 Å². The Morgan fingerprint density at radius 2 is 1.64 bits per heavy atom. The van der Waals surface area contributed by atoms with Gasteiger partial charge in [0, 0.05) is 28.7 Å². The van der Waals surface area contributed by atoms with Crippen molar-refractivity contribution in [1.29, 1.82) is 0 Å². The summed E-state index contributed by atoms with van der Waals surface area (Å²) in [5, 5.41) is 3.44. The average Bonchev–Trinajstić information content (AvgIpc) is 2.74. The molecule has 10 heteroatoms. The monoisotopic (exact) mass is 513 g/mol. The van der Waals surface area contributed by atoms with Gasteiger partial charge in [-0.15, -0.1) is 0 Å². The summed E-state index contributed by atoms with van der Waals surface area (Å²) >= 11 is 12.7. The Kier molecular flexibility index (Phi) is 9.57. The molecule has 1 atom stereocenters. The van der Waals surface area contributed by atoms with Gasteiger partial charge in [0.1, 0.15) is 12.6 Å². The van der Waals surface area contributed by atoms with Gasteiger partial charge in [0.2, 0.25) is 21.8 Å².